The van der Waals surface area contributed by atoms with E-state index < -0.39 is 35.5 Å². The van der Waals surface area contributed by atoms with Crippen molar-refractivity contribution >= 4 is 18.0 Å². The lowest BCUT2D eigenvalue weighted by molar-refractivity contribution is -0.145. The maximum Gasteiger partial charge on any atom is 0.407 e. The number of ether oxygens (including phenoxy) is 1. The number of carbonyl (C=O) groups is 3. The largest absolute Gasteiger partial charge is 0.480 e. The van der Waals surface area contributed by atoms with Crippen LogP contribution in [0.5, 0.6) is 0 Å². The first-order valence-corrected chi connectivity index (χ1v) is 10.6. The summed E-state index contributed by atoms with van der Waals surface area (Å²) in [7, 11) is 0. The normalized spacial score (nSPS) is 17.4. The molecule has 4 rings (SSSR count). The summed E-state index contributed by atoms with van der Waals surface area (Å²) in [5.74, 6) is -1.87. The maximum atomic E-state index is 12.5. The summed E-state index contributed by atoms with van der Waals surface area (Å²) in [6.07, 6.45) is -0.818. The van der Waals surface area contributed by atoms with E-state index in [0.29, 0.717) is 12.8 Å². The SMILES string of the molecule is CC(O)C(NC(=O)C1(CNC(=O)OCC2c3ccccc3-c3ccccc32)CC1)C(=O)O. The molecule has 0 radical (unpaired) electrons. The Hall–Kier alpha value is -3.39. The number of amides is 2. The van der Waals surface area contributed by atoms with Gasteiger partial charge in [0.2, 0.25) is 5.91 Å². The topological polar surface area (TPSA) is 125 Å². The van der Waals surface area contributed by atoms with Crippen molar-refractivity contribution in [2.45, 2.75) is 37.8 Å². The average molecular weight is 438 g/mol. The number of benzene rings is 2. The average Bonchev–Trinajstić information content (AvgIpc) is 3.51. The van der Waals surface area contributed by atoms with Crippen molar-refractivity contribution in [1.82, 2.24) is 10.6 Å². The quantitative estimate of drug-likeness (QED) is 0.501. The number of hydrogen-bond donors (Lipinski definition) is 4. The number of hydrogen-bond acceptors (Lipinski definition) is 5. The first kappa shape index (κ1) is 21.8. The van der Waals surface area contributed by atoms with Gasteiger partial charge in [-0.3, -0.25) is 4.79 Å². The zero-order valence-electron chi connectivity index (χ0n) is 17.7. The molecule has 0 heterocycles. The summed E-state index contributed by atoms with van der Waals surface area (Å²) in [6.45, 7) is 1.51. The number of aliphatic carboxylic acids is 1. The van der Waals surface area contributed by atoms with Crippen LogP contribution in [0.2, 0.25) is 0 Å². The lowest BCUT2D eigenvalue weighted by Gasteiger charge is -2.22. The standard InChI is InChI=1S/C24H26N2O6/c1-14(27)20(21(28)29)26-22(30)24(10-11-24)13-25-23(31)32-12-19-17-8-4-2-6-15(17)16-7-3-5-9-18(16)19/h2-9,14,19-20,27H,10-13H2,1H3,(H,25,31)(H,26,30)(H,28,29). The molecule has 1 fully saturated rings. The van der Waals surface area contributed by atoms with Crippen molar-refractivity contribution < 1.29 is 29.3 Å². The van der Waals surface area contributed by atoms with E-state index in [1.165, 1.54) is 6.92 Å². The van der Waals surface area contributed by atoms with Gasteiger partial charge in [0.1, 0.15) is 6.61 Å². The van der Waals surface area contributed by atoms with Gasteiger partial charge in [0, 0.05) is 12.5 Å². The van der Waals surface area contributed by atoms with Crippen LogP contribution in [0.3, 0.4) is 0 Å². The number of aliphatic hydroxyl groups excluding tert-OH is 1. The van der Waals surface area contributed by atoms with Gasteiger partial charge in [-0.25, -0.2) is 9.59 Å². The van der Waals surface area contributed by atoms with Crippen LogP contribution in [-0.4, -0.2) is 53.5 Å². The molecule has 2 unspecified atom stereocenters. The second-order valence-electron chi connectivity index (χ2n) is 8.49. The van der Waals surface area contributed by atoms with Gasteiger partial charge in [-0.2, -0.15) is 0 Å². The fourth-order valence-electron chi connectivity index (χ4n) is 4.21. The minimum absolute atomic E-state index is 0.0433. The molecule has 2 atom stereocenters. The van der Waals surface area contributed by atoms with Crippen LogP contribution in [0.25, 0.3) is 11.1 Å². The number of nitrogens with one attached hydrogen (secondary N) is 2. The van der Waals surface area contributed by atoms with Crippen LogP contribution in [0.4, 0.5) is 4.79 Å². The lowest BCUT2D eigenvalue weighted by Crippen LogP contribution is -2.51. The smallest absolute Gasteiger partial charge is 0.407 e. The molecule has 168 valence electrons. The molecular weight excluding hydrogens is 412 g/mol. The van der Waals surface area contributed by atoms with E-state index in [1.54, 1.807) is 0 Å². The molecule has 0 spiro atoms. The number of carboxylic acids is 1. The zero-order valence-corrected chi connectivity index (χ0v) is 17.7. The number of aliphatic hydroxyl groups is 1. The van der Waals surface area contributed by atoms with Gasteiger partial charge in [-0.1, -0.05) is 48.5 Å². The van der Waals surface area contributed by atoms with E-state index in [4.69, 9.17) is 9.84 Å². The van der Waals surface area contributed by atoms with Gasteiger partial charge in [0.15, 0.2) is 6.04 Å². The minimum atomic E-state index is -1.39. The molecule has 2 aromatic carbocycles. The summed E-state index contributed by atoms with van der Waals surface area (Å²) in [4.78, 5) is 36.1. The highest BCUT2D eigenvalue weighted by Crippen LogP contribution is 2.46. The number of fused-ring (bicyclic) bond motifs is 3. The third kappa shape index (κ3) is 4.18. The van der Waals surface area contributed by atoms with Crippen molar-refractivity contribution in [3.63, 3.8) is 0 Å². The second-order valence-corrected chi connectivity index (χ2v) is 8.49. The van der Waals surface area contributed by atoms with Crippen molar-refractivity contribution in [3.8, 4) is 11.1 Å². The van der Waals surface area contributed by atoms with Crippen molar-refractivity contribution in [3.05, 3.63) is 59.7 Å². The van der Waals surface area contributed by atoms with E-state index in [9.17, 15) is 19.5 Å². The summed E-state index contributed by atoms with van der Waals surface area (Å²) in [6, 6.07) is 14.7. The van der Waals surface area contributed by atoms with E-state index in [2.05, 4.69) is 22.8 Å². The zero-order chi connectivity index (χ0) is 22.9. The Labute approximate surface area is 185 Å². The van der Waals surface area contributed by atoms with Gasteiger partial charge in [-0.15, -0.1) is 0 Å². The molecular formula is C24H26N2O6. The van der Waals surface area contributed by atoms with Crippen LogP contribution in [0, 0.1) is 5.41 Å². The molecule has 0 saturated heterocycles. The fraction of sp³-hybridized carbons (Fsp3) is 0.375. The summed E-state index contributed by atoms with van der Waals surface area (Å²) < 4.78 is 5.48. The Morgan fingerprint density at radius 1 is 1.06 bits per heavy atom. The second kappa shape index (κ2) is 8.63. The molecule has 2 amide bonds. The maximum absolute atomic E-state index is 12.5. The minimum Gasteiger partial charge on any atom is -0.480 e. The number of alkyl carbamates (subject to hydrolysis) is 1. The predicted octanol–water partition coefficient (Wildman–Crippen LogP) is 2.26. The predicted molar refractivity (Wildman–Crippen MR) is 116 cm³/mol. The van der Waals surface area contributed by atoms with Crippen LogP contribution in [0.1, 0.15) is 36.8 Å². The Bertz CT molecular complexity index is 1000. The molecule has 2 aliphatic rings. The summed E-state index contributed by atoms with van der Waals surface area (Å²) in [5.41, 5.74) is 3.62. The van der Waals surface area contributed by atoms with Crippen molar-refractivity contribution in [1.29, 1.82) is 0 Å². The molecule has 0 aliphatic heterocycles. The monoisotopic (exact) mass is 438 g/mol. The number of rotatable bonds is 8. The molecule has 1 saturated carbocycles. The van der Waals surface area contributed by atoms with Gasteiger partial charge < -0.3 is 25.6 Å². The van der Waals surface area contributed by atoms with Gasteiger partial charge >= 0.3 is 12.1 Å². The Morgan fingerprint density at radius 2 is 1.62 bits per heavy atom. The molecule has 2 aromatic rings. The van der Waals surface area contributed by atoms with E-state index >= 15 is 0 Å². The molecule has 2 aliphatic carbocycles. The highest BCUT2D eigenvalue weighted by atomic mass is 16.5. The number of carboxylic acid groups (broad SMARTS) is 1. The lowest BCUT2D eigenvalue weighted by atomic mass is 9.98. The van der Waals surface area contributed by atoms with Crippen LogP contribution in [0.15, 0.2) is 48.5 Å². The Kier molecular flexibility index (Phi) is 5.88. The van der Waals surface area contributed by atoms with Crippen LogP contribution in [-0.2, 0) is 14.3 Å². The van der Waals surface area contributed by atoms with Crippen LogP contribution < -0.4 is 10.6 Å². The van der Waals surface area contributed by atoms with Gasteiger partial charge in [0.25, 0.3) is 0 Å². The van der Waals surface area contributed by atoms with Gasteiger partial charge in [-0.05, 0) is 42.0 Å². The number of carbonyl (C=O) groups excluding carboxylic acids is 2. The molecule has 32 heavy (non-hydrogen) atoms. The van der Waals surface area contributed by atoms with E-state index in [0.717, 1.165) is 22.3 Å². The molecule has 8 heteroatoms. The highest BCUT2D eigenvalue weighted by molar-refractivity contribution is 5.90. The Morgan fingerprint density at radius 3 is 2.12 bits per heavy atom. The molecule has 4 N–H and O–H groups in total. The molecule has 0 bridgehead atoms. The first-order chi connectivity index (χ1) is 15.3. The van der Waals surface area contributed by atoms with Crippen molar-refractivity contribution in [2.75, 3.05) is 13.2 Å². The summed E-state index contributed by atoms with van der Waals surface area (Å²) in [5, 5.41) is 23.7. The third-order valence-electron chi connectivity index (χ3n) is 6.29. The fourth-order valence-corrected chi connectivity index (χ4v) is 4.21. The van der Waals surface area contributed by atoms with Crippen molar-refractivity contribution in [2.24, 2.45) is 5.41 Å². The molecule has 0 aromatic heterocycles. The van der Waals surface area contributed by atoms with E-state index in [1.807, 2.05) is 36.4 Å². The van der Waals surface area contributed by atoms with Gasteiger partial charge in [0.05, 0.1) is 11.5 Å². The summed E-state index contributed by atoms with van der Waals surface area (Å²) >= 11 is 0. The highest BCUT2D eigenvalue weighted by Gasteiger charge is 2.51. The van der Waals surface area contributed by atoms with E-state index in [-0.39, 0.29) is 19.1 Å². The van der Waals surface area contributed by atoms with Crippen LogP contribution >= 0.6 is 0 Å². The molecule has 8 nitrogen and oxygen atoms in total. The third-order valence-corrected chi connectivity index (χ3v) is 6.29. The first-order valence-electron chi connectivity index (χ1n) is 10.6. The Balaban J connectivity index is 1.33.